The van der Waals surface area contributed by atoms with Crippen molar-refractivity contribution in [2.24, 2.45) is 4.99 Å². The molecule has 1 aromatic rings. The van der Waals surface area contributed by atoms with Gasteiger partial charge in [-0.05, 0) is 37.5 Å². The highest BCUT2D eigenvalue weighted by molar-refractivity contribution is 14.0. The smallest absolute Gasteiger partial charge is 0.422 e. The number of likely N-dealkylation sites (tertiary alicyclic amines) is 1. The van der Waals surface area contributed by atoms with E-state index in [4.69, 9.17) is 9.47 Å². The molecule has 0 unspecified atom stereocenters. The molecule has 0 radical (unpaired) electrons. The molecule has 1 saturated heterocycles. The second-order valence-electron chi connectivity index (χ2n) is 6.58. The molecule has 2 rings (SSSR count). The Kier molecular flexibility index (Phi) is 11.1. The molecule has 1 heterocycles. The average Bonchev–Trinajstić information content (AvgIpc) is 2.70. The number of aliphatic imine (C=N–C) groups is 1. The van der Waals surface area contributed by atoms with Crippen LogP contribution in [0.25, 0.3) is 0 Å². The van der Waals surface area contributed by atoms with Gasteiger partial charge in [-0.1, -0.05) is 12.1 Å². The van der Waals surface area contributed by atoms with Crippen LogP contribution in [0.3, 0.4) is 0 Å². The average molecular weight is 544 g/mol. The summed E-state index contributed by atoms with van der Waals surface area (Å²) in [5, 5.41) is 6.45. The van der Waals surface area contributed by atoms with Gasteiger partial charge in [0.1, 0.15) is 5.75 Å². The summed E-state index contributed by atoms with van der Waals surface area (Å²) in [4.78, 5) is 17.6. The topological polar surface area (TPSA) is 75.2 Å². The van der Waals surface area contributed by atoms with Crippen molar-refractivity contribution < 1.29 is 27.4 Å². The normalized spacial score (nSPS) is 15.2. The van der Waals surface area contributed by atoms with Gasteiger partial charge in [-0.15, -0.1) is 24.0 Å². The quantitative estimate of drug-likeness (QED) is 0.326. The maximum atomic E-state index is 12.3. The first-order valence-electron chi connectivity index (χ1n) is 9.48. The van der Waals surface area contributed by atoms with Crippen molar-refractivity contribution in [3.63, 3.8) is 0 Å². The van der Waals surface area contributed by atoms with Crippen LogP contribution in [-0.4, -0.2) is 62.5 Å². The summed E-state index contributed by atoms with van der Waals surface area (Å²) in [6, 6.07) is 6.64. The van der Waals surface area contributed by atoms with Crippen molar-refractivity contribution >= 4 is 36.0 Å². The highest BCUT2D eigenvalue weighted by Gasteiger charge is 2.28. The fourth-order valence-electron chi connectivity index (χ4n) is 2.91. The lowest BCUT2D eigenvalue weighted by atomic mass is 10.1. The summed E-state index contributed by atoms with van der Waals surface area (Å²) in [5.74, 6) is 0.747. The fraction of sp³-hybridized carbons (Fsp3) is 0.579. The Balaban J connectivity index is 0.00000450. The van der Waals surface area contributed by atoms with E-state index in [1.165, 1.54) is 6.07 Å². The predicted molar refractivity (Wildman–Crippen MR) is 118 cm³/mol. The number of nitrogens with zero attached hydrogens (tertiary/aromatic N) is 2. The second-order valence-corrected chi connectivity index (χ2v) is 6.58. The van der Waals surface area contributed by atoms with Crippen LogP contribution >= 0.6 is 24.0 Å². The Labute approximate surface area is 191 Å². The SMILES string of the molecule is CCOC(=O)N1CCC(NC(=NC)NCc2cccc(OCC(F)(F)F)c2)CC1.I. The van der Waals surface area contributed by atoms with E-state index in [-0.39, 0.29) is 41.9 Å². The first-order valence-corrected chi connectivity index (χ1v) is 9.48. The van der Waals surface area contributed by atoms with Crippen LogP contribution in [0.5, 0.6) is 5.75 Å². The molecule has 7 nitrogen and oxygen atoms in total. The summed E-state index contributed by atoms with van der Waals surface area (Å²) in [5.41, 5.74) is 0.768. The standard InChI is InChI=1S/C19H27F3N4O3.HI/c1-3-28-18(27)26-9-7-15(8-10-26)25-17(23-2)24-12-14-5-4-6-16(11-14)29-13-19(20,21)22;/h4-6,11,15H,3,7-10,12-13H2,1-2H3,(H2,23,24,25);1H. The number of benzene rings is 1. The van der Waals surface area contributed by atoms with E-state index in [1.807, 2.05) is 0 Å². The molecule has 11 heteroatoms. The van der Waals surface area contributed by atoms with Crippen LogP contribution < -0.4 is 15.4 Å². The van der Waals surface area contributed by atoms with Crippen molar-refractivity contribution in [1.29, 1.82) is 0 Å². The summed E-state index contributed by atoms with van der Waals surface area (Å²) >= 11 is 0. The van der Waals surface area contributed by atoms with E-state index in [0.717, 1.165) is 18.4 Å². The predicted octanol–water partition coefficient (Wildman–Crippen LogP) is 3.53. The number of rotatable bonds is 6. The third kappa shape index (κ3) is 9.26. The lowest BCUT2D eigenvalue weighted by Gasteiger charge is -2.32. The lowest BCUT2D eigenvalue weighted by molar-refractivity contribution is -0.153. The molecule has 0 aromatic heterocycles. The van der Waals surface area contributed by atoms with Crippen molar-refractivity contribution in [2.75, 3.05) is 33.4 Å². The van der Waals surface area contributed by atoms with Crippen LogP contribution in [0.4, 0.5) is 18.0 Å². The fourth-order valence-corrected chi connectivity index (χ4v) is 2.91. The monoisotopic (exact) mass is 544 g/mol. The number of alkyl halides is 3. The highest BCUT2D eigenvalue weighted by Crippen LogP contribution is 2.19. The first kappa shape index (κ1) is 26.1. The van der Waals surface area contributed by atoms with Crippen molar-refractivity contribution in [2.45, 2.75) is 38.5 Å². The van der Waals surface area contributed by atoms with E-state index in [0.29, 0.717) is 32.2 Å². The number of nitrogens with one attached hydrogen (secondary N) is 2. The maximum Gasteiger partial charge on any atom is 0.422 e. The zero-order valence-corrected chi connectivity index (χ0v) is 19.3. The molecule has 2 N–H and O–H groups in total. The molecule has 1 aliphatic rings. The van der Waals surface area contributed by atoms with Crippen LogP contribution in [0, 0.1) is 0 Å². The van der Waals surface area contributed by atoms with Crippen LogP contribution in [0.15, 0.2) is 29.3 Å². The number of hydrogen-bond acceptors (Lipinski definition) is 4. The maximum absolute atomic E-state index is 12.3. The number of amides is 1. The second kappa shape index (κ2) is 12.7. The Morgan fingerprint density at radius 1 is 1.30 bits per heavy atom. The van der Waals surface area contributed by atoms with Gasteiger partial charge in [0.2, 0.25) is 0 Å². The van der Waals surface area contributed by atoms with Gasteiger partial charge < -0.3 is 25.0 Å². The Morgan fingerprint density at radius 3 is 2.60 bits per heavy atom. The third-order valence-corrected chi connectivity index (χ3v) is 4.35. The lowest BCUT2D eigenvalue weighted by Crippen LogP contribution is -2.49. The Hall–Kier alpha value is -1.92. The summed E-state index contributed by atoms with van der Waals surface area (Å²) < 4.78 is 46.6. The van der Waals surface area contributed by atoms with E-state index in [2.05, 4.69) is 15.6 Å². The van der Waals surface area contributed by atoms with Gasteiger partial charge in [0.05, 0.1) is 6.61 Å². The zero-order valence-electron chi connectivity index (χ0n) is 17.0. The molecule has 30 heavy (non-hydrogen) atoms. The van der Waals surface area contributed by atoms with Gasteiger partial charge in [-0.2, -0.15) is 13.2 Å². The van der Waals surface area contributed by atoms with E-state index >= 15 is 0 Å². The van der Waals surface area contributed by atoms with Crippen molar-refractivity contribution in [3.05, 3.63) is 29.8 Å². The van der Waals surface area contributed by atoms with E-state index in [9.17, 15) is 18.0 Å². The number of guanidine groups is 1. The van der Waals surface area contributed by atoms with Crippen molar-refractivity contribution in [1.82, 2.24) is 15.5 Å². The number of ether oxygens (including phenoxy) is 2. The van der Waals surface area contributed by atoms with Gasteiger partial charge in [-0.25, -0.2) is 4.79 Å². The van der Waals surface area contributed by atoms with Gasteiger partial charge in [0.25, 0.3) is 0 Å². The minimum absolute atomic E-state index is 0. The molecule has 0 atom stereocenters. The Bertz CT molecular complexity index is 696. The van der Waals surface area contributed by atoms with Crippen molar-refractivity contribution in [3.8, 4) is 5.75 Å². The molecule has 1 aliphatic heterocycles. The van der Waals surface area contributed by atoms with Gasteiger partial charge >= 0.3 is 12.3 Å². The molecule has 0 spiro atoms. The number of carbonyl (C=O) groups excluding carboxylic acids is 1. The minimum atomic E-state index is -4.37. The molecular formula is C19H28F3IN4O3. The van der Waals surface area contributed by atoms with Crippen LogP contribution in [-0.2, 0) is 11.3 Å². The molecule has 1 fully saturated rings. The molecule has 0 bridgehead atoms. The van der Waals surface area contributed by atoms with Crippen LogP contribution in [0.1, 0.15) is 25.3 Å². The Morgan fingerprint density at radius 2 is 2.00 bits per heavy atom. The van der Waals surface area contributed by atoms with Gasteiger partial charge in [0, 0.05) is 32.7 Å². The minimum Gasteiger partial charge on any atom is -0.484 e. The largest absolute Gasteiger partial charge is 0.484 e. The first-order chi connectivity index (χ1) is 13.8. The van der Waals surface area contributed by atoms with Crippen LogP contribution in [0.2, 0.25) is 0 Å². The number of hydrogen-bond donors (Lipinski definition) is 2. The molecule has 170 valence electrons. The van der Waals surface area contributed by atoms with Gasteiger partial charge in [0.15, 0.2) is 12.6 Å². The molecule has 0 saturated carbocycles. The van der Waals surface area contributed by atoms with E-state index < -0.39 is 12.8 Å². The number of piperidine rings is 1. The number of carbonyl (C=O) groups is 1. The summed E-state index contributed by atoms with van der Waals surface area (Å²) in [6.07, 6.45) is -3.13. The van der Waals surface area contributed by atoms with E-state index in [1.54, 1.807) is 37.1 Å². The molecule has 0 aliphatic carbocycles. The molecule has 1 amide bonds. The third-order valence-electron chi connectivity index (χ3n) is 4.35. The molecular weight excluding hydrogens is 516 g/mol. The zero-order chi connectivity index (χ0) is 21.3. The number of halogens is 4. The summed E-state index contributed by atoms with van der Waals surface area (Å²) in [6.45, 7) is 2.40. The molecule has 1 aromatic carbocycles. The summed E-state index contributed by atoms with van der Waals surface area (Å²) in [7, 11) is 1.64. The highest BCUT2D eigenvalue weighted by atomic mass is 127. The van der Waals surface area contributed by atoms with Gasteiger partial charge in [-0.3, -0.25) is 4.99 Å².